The molecular weight excluding hydrogens is 390 g/mol. The Morgan fingerprint density at radius 1 is 1.39 bits per heavy atom. The van der Waals surface area contributed by atoms with Gasteiger partial charge in [0.15, 0.2) is 5.16 Å². The zero-order valence-corrected chi connectivity index (χ0v) is 18.0. The van der Waals surface area contributed by atoms with Crippen LogP contribution >= 0.6 is 23.1 Å². The molecule has 0 radical (unpaired) electrons. The second-order valence-corrected chi connectivity index (χ2v) is 9.82. The Morgan fingerprint density at radius 2 is 2.21 bits per heavy atom. The molecule has 2 aliphatic carbocycles. The zero-order valence-electron chi connectivity index (χ0n) is 16.3. The Bertz CT molecular complexity index is 922. The predicted octanol–water partition coefficient (Wildman–Crippen LogP) is 4.35. The van der Waals surface area contributed by atoms with Crippen LogP contribution in [0.2, 0.25) is 0 Å². The Kier molecular flexibility index (Phi) is 5.74. The van der Waals surface area contributed by atoms with Gasteiger partial charge < -0.3 is 9.88 Å². The Morgan fingerprint density at radius 3 is 2.93 bits per heavy atom. The number of hydrogen-bond donors (Lipinski definition) is 1. The molecule has 1 unspecified atom stereocenters. The third-order valence-electron chi connectivity index (χ3n) is 5.34. The van der Waals surface area contributed by atoms with Crippen molar-refractivity contribution in [1.82, 2.24) is 14.8 Å². The molecule has 1 N–H and O–H groups in total. The van der Waals surface area contributed by atoms with Gasteiger partial charge in [-0.1, -0.05) is 25.6 Å². The van der Waals surface area contributed by atoms with Crippen LogP contribution in [-0.2, 0) is 24.2 Å². The molecule has 2 aliphatic rings. The highest BCUT2D eigenvalue weighted by Crippen LogP contribution is 2.41. The largest absolute Gasteiger partial charge is 0.316 e. The fourth-order valence-electron chi connectivity index (χ4n) is 3.73. The van der Waals surface area contributed by atoms with Crippen molar-refractivity contribution in [2.45, 2.75) is 70.0 Å². The van der Waals surface area contributed by atoms with Crippen LogP contribution in [0.25, 0.3) is 0 Å². The summed E-state index contributed by atoms with van der Waals surface area (Å²) >= 11 is 3.00. The number of hydrogen-bond acceptors (Lipinski definition) is 6. The van der Waals surface area contributed by atoms with Crippen LogP contribution in [0.4, 0.5) is 5.00 Å². The first-order valence-corrected chi connectivity index (χ1v) is 11.8. The standard InChI is InChI=1S/C20H25N5OS2/c1-3-8-25-18(13-5-6-13)23-24-20(25)27-11-17(26)22-19-15(10-21)14-7-4-12(2)9-16(14)28-19/h12-13H,3-9,11H2,1-2H3,(H,22,26). The van der Waals surface area contributed by atoms with Gasteiger partial charge in [-0.15, -0.1) is 21.5 Å². The fraction of sp³-hybridized carbons (Fsp3) is 0.600. The van der Waals surface area contributed by atoms with Gasteiger partial charge in [-0.3, -0.25) is 4.79 Å². The number of nitrogens with one attached hydrogen (secondary N) is 1. The van der Waals surface area contributed by atoms with E-state index < -0.39 is 0 Å². The van der Waals surface area contributed by atoms with Gasteiger partial charge >= 0.3 is 0 Å². The number of carbonyl (C=O) groups is 1. The van der Waals surface area contributed by atoms with Gasteiger partial charge in [0, 0.05) is 17.3 Å². The first kappa shape index (κ1) is 19.5. The summed E-state index contributed by atoms with van der Waals surface area (Å²) < 4.78 is 2.17. The molecule has 1 atom stereocenters. The van der Waals surface area contributed by atoms with E-state index in [9.17, 15) is 10.1 Å². The fourth-order valence-corrected chi connectivity index (χ4v) is 5.88. The summed E-state index contributed by atoms with van der Waals surface area (Å²) in [6, 6.07) is 2.31. The van der Waals surface area contributed by atoms with E-state index in [4.69, 9.17) is 0 Å². The van der Waals surface area contributed by atoms with Crippen LogP contribution in [0, 0.1) is 17.2 Å². The van der Waals surface area contributed by atoms with E-state index in [2.05, 4.69) is 40.0 Å². The average Bonchev–Trinajstić information content (AvgIpc) is 3.35. The van der Waals surface area contributed by atoms with E-state index in [0.29, 0.717) is 22.4 Å². The molecule has 1 amide bonds. The number of thioether (sulfide) groups is 1. The summed E-state index contributed by atoms with van der Waals surface area (Å²) in [5.41, 5.74) is 1.81. The zero-order chi connectivity index (χ0) is 19.7. The molecule has 2 heterocycles. The van der Waals surface area contributed by atoms with Crippen molar-refractivity contribution in [2.24, 2.45) is 5.92 Å². The lowest BCUT2D eigenvalue weighted by Gasteiger charge is -2.17. The van der Waals surface area contributed by atoms with E-state index in [1.807, 2.05) is 0 Å². The topological polar surface area (TPSA) is 83.6 Å². The Labute approximate surface area is 173 Å². The number of nitrogens with zero attached hydrogens (tertiary/aromatic N) is 4. The first-order chi connectivity index (χ1) is 13.6. The molecule has 148 valence electrons. The number of thiophene rings is 1. The van der Waals surface area contributed by atoms with Crippen LogP contribution < -0.4 is 5.32 Å². The van der Waals surface area contributed by atoms with E-state index in [1.165, 1.54) is 29.5 Å². The van der Waals surface area contributed by atoms with Crippen molar-refractivity contribution >= 4 is 34.0 Å². The van der Waals surface area contributed by atoms with E-state index >= 15 is 0 Å². The Hall–Kier alpha value is -1.85. The smallest absolute Gasteiger partial charge is 0.235 e. The van der Waals surface area contributed by atoms with Crippen LogP contribution in [0.15, 0.2) is 5.16 Å². The van der Waals surface area contributed by atoms with Crippen molar-refractivity contribution in [1.29, 1.82) is 5.26 Å². The molecule has 8 heteroatoms. The van der Waals surface area contributed by atoms with Gasteiger partial charge in [-0.25, -0.2) is 0 Å². The molecule has 0 aromatic carbocycles. The molecule has 4 rings (SSSR count). The Balaban J connectivity index is 1.43. The number of rotatable bonds is 7. The maximum Gasteiger partial charge on any atom is 0.235 e. The highest BCUT2D eigenvalue weighted by Gasteiger charge is 2.30. The van der Waals surface area contributed by atoms with Crippen molar-refractivity contribution in [2.75, 3.05) is 11.1 Å². The van der Waals surface area contributed by atoms with Gasteiger partial charge in [0.05, 0.1) is 11.3 Å². The molecule has 1 saturated carbocycles. The molecule has 0 saturated heterocycles. The molecule has 1 fully saturated rings. The number of amides is 1. The minimum absolute atomic E-state index is 0.0906. The minimum atomic E-state index is -0.0906. The lowest BCUT2D eigenvalue weighted by Crippen LogP contribution is -2.15. The third kappa shape index (κ3) is 3.96. The highest BCUT2D eigenvalue weighted by atomic mass is 32.2. The number of anilines is 1. The highest BCUT2D eigenvalue weighted by molar-refractivity contribution is 7.99. The van der Waals surface area contributed by atoms with Crippen molar-refractivity contribution in [3.63, 3.8) is 0 Å². The average molecular weight is 416 g/mol. The molecule has 0 spiro atoms. The van der Waals surface area contributed by atoms with Gasteiger partial charge in [-0.05, 0) is 50.0 Å². The van der Waals surface area contributed by atoms with E-state index in [1.54, 1.807) is 11.3 Å². The summed E-state index contributed by atoms with van der Waals surface area (Å²) in [4.78, 5) is 13.8. The van der Waals surface area contributed by atoms with Gasteiger partial charge in [0.25, 0.3) is 0 Å². The molecular formula is C20H25N5OS2. The van der Waals surface area contributed by atoms with Crippen LogP contribution in [-0.4, -0.2) is 26.4 Å². The minimum Gasteiger partial charge on any atom is -0.316 e. The quantitative estimate of drug-likeness (QED) is 0.680. The number of carbonyl (C=O) groups excluding carboxylic acids is 1. The molecule has 2 aromatic heterocycles. The molecule has 28 heavy (non-hydrogen) atoms. The molecule has 6 nitrogen and oxygen atoms in total. The first-order valence-electron chi connectivity index (χ1n) is 10.0. The van der Waals surface area contributed by atoms with E-state index in [-0.39, 0.29) is 11.7 Å². The van der Waals surface area contributed by atoms with Crippen LogP contribution in [0.5, 0.6) is 0 Å². The second-order valence-electron chi connectivity index (χ2n) is 7.77. The normalized spacial score (nSPS) is 18.5. The maximum absolute atomic E-state index is 12.6. The SMILES string of the molecule is CCCn1c(SCC(=O)Nc2sc3c(c2C#N)CCC(C)C3)nnc1C1CC1. The molecule has 0 aliphatic heterocycles. The molecule has 2 aromatic rings. The number of nitriles is 1. The van der Waals surface area contributed by atoms with Crippen LogP contribution in [0.3, 0.4) is 0 Å². The van der Waals surface area contributed by atoms with Gasteiger partial charge in [0.2, 0.25) is 5.91 Å². The summed E-state index contributed by atoms with van der Waals surface area (Å²) in [6.07, 6.45) is 6.44. The van der Waals surface area contributed by atoms with Crippen molar-refractivity contribution in [3.8, 4) is 6.07 Å². The van der Waals surface area contributed by atoms with Crippen molar-refractivity contribution < 1.29 is 4.79 Å². The number of aromatic nitrogens is 3. The monoisotopic (exact) mass is 415 g/mol. The predicted molar refractivity (Wildman–Crippen MR) is 112 cm³/mol. The second kappa shape index (κ2) is 8.26. The third-order valence-corrected chi connectivity index (χ3v) is 7.48. The van der Waals surface area contributed by atoms with Crippen molar-refractivity contribution in [3.05, 3.63) is 21.8 Å². The summed E-state index contributed by atoms with van der Waals surface area (Å²) in [6.45, 7) is 5.27. The van der Waals surface area contributed by atoms with Crippen LogP contribution in [0.1, 0.15) is 67.3 Å². The van der Waals surface area contributed by atoms with Gasteiger partial charge in [-0.2, -0.15) is 5.26 Å². The maximum atomic E-state index is 12.6. The summed E-state index contributed by atoms with van der Waals surface area (Å²) in [7, 11) is 0. The number of fused-ring (bicyclic) bond motifs is 1. The molecule has 0 bridgehead atoms. The lowest BCUT2D eigenvalue weighted by atomic mass is 9.89. The van der Waals surface area contributed by atoms with Gasteiger partial charge in [0.1, 0.15) is 16.9 Å². The summed E-state index contributed by atoms with van der Waals surface area (Å²) in [5, 5.41) is 22.8. The lowest BCUT2D eigenvalue weighted by molar-refractivity contribution is -0.113. The summed E-state index contributed by atoms with van der Waals surface area (Å²) in [5.74, 6) is 2.43. The van der Waals surface area contributed by atoms with E-state index in [0.717, 1.165) is 48.8 Å².